The molecular formula is C10H14F3N5O. The number of aromatic nitrogens is 2. The van der Waals surface area contributed by atoms with Gasteiger partial charge in [0.2, 0.25) is 0 Å². The fraction of sp³-hybridized carbons (Fsp3) is 0.500. The number of nitrogens with two attached hydrogens (primary N) is 1. The molecule has 0 atom stereocenters. The van der Waals surface area contributed by atoms with E-state index in [1.807, 2.05) is 0 Å². The summed E-state index contributed by atoms with van der Waals surface area (Å²) < 4.78 is 37.7. The quantitative estimate of drug-likeness (QED) is 0.375. The van der Waals surface area contributed by atoms with Crippen molar-refractivity contribution >= 4 is 11.7 Å². The monoisotopic (exact) mass is 277 g/mol. The Bertz CT molecular complexity index is 461. The summed E-state index contributed by atoms with van der Waals surface area (Å²) in [6.45, 7) is 1.96. The van der Waals surface area contributed by atoms with E-state index in [1.165, 1.54) is 12.4 Å². The molecule has 9 heteroatoms. The summed E-state index contributed by atoms with van der Waals surface area (Å²) >= 11 is 0. The molecule has 0 aliphatic carbocycles. The SMILES string of the molecule is CC(C)N(CC(F)(F)F)c1nccnc1C(N)=NO. The zero-order chi connectivity index (χ0) is 14.6. The zero-order valence-electron chi connectivity index (χ0n) is 10.4. The van der Waals surface area contributed by atoms with Gasteiger partial charge in [-0.25, -0.2) is 9.97 Å². The second-order valence-corrected chi connectivity index (χ2v) is 4.05. The number of halogens is 3. The van der Waals surface area contributed by atoms with E-state index in [2.05, 4.69) is 15.1 Å². The fourth-order valence-corrected chi connectivity index (χ4v) is 1.46. The van der Waals surface area contributed by atoms with Crippen molar-refractivity contribution in [3.63, 3.8) is 0 Å². The van der Waals surface area contributed by atoms with Crippen LogP contribution in [0, 0.1) is 0 Å². The minimum absolute atomic E-state index is 0.0786. The highest BCUT2D eigenvalue weighted by atomic mass is 19.4. The molecule has 0 bridgehead atoms. The van der Waals surface area contributed by atoms with E-state index in [0.29, 0.717) is 0 Å². The van der Waals surface area contributed by atoms with E-state index < -0.39 is 24.6 Å². The first kappa shape index (κ1) is 15.0. The third-order valence-electron chi connectivity index (χ3n) is 2.27. The van der Waals surface area contributed by atoms with Gasteiger partial charge < -0.3 is 15.8 Å². The third kappa shape index (κ3) is 3.97. The Balaban J connectivity index is 3.24. The van der Waals surface area contributed by atoms with E-state index in [-0.39, 0.29) is 11.5 Å². The summed E-state index contributed by atoms with van der Waals surface area (Å²) in [5.74, 6) is -0.471. The topological polar surface area (TPSA) is 87.6 Å². The highest BCUT2D eigenvalue weighted by molar-refractivity contribution is 5.99. The fourth-order valence-electron chi connectivity index (χ4n) is 1.46. The van der Waals surface area contributed by atoms with Gasteiger partial charge in [-0.3, -0.25) is 0 Å². The van der Waals surface area contributed by atoms with Crippen molar-refractivity contribution < 1.29 is 18.4 Å². The molecule has 3 N–H and O–H groups in total. The summed E-state index contributed by atoms with van der Waals surface area (Å²) in [6, 6.07) is -0.483. The Hall–Kier alpha value is -2.06. The molecule has 0 spiro atoms. The Morgan fingerprint density at radius 3 is 2.47 bits per heavy atom. The van der Waals surface area contributed by atoms with Gasteiger partial charge >= 0.3 is 6.18 Å². The normalized spacial score (nSPS) is 12.8. The molecule has 0 saturated carbocycles. The van der Waals surface area contributed by atoms with Crippen molar-refractivity contribution in [3.05, 3.63) is 18.1 Å². The average Bonchev–Trinajstić information content (AvgIpc) is 2.33. The van der Waals surface area contributed by atoms with Gasteiger partial charge in [0.05, 0.1) is 0 Å². The molecule has 19 heavy (non-hydrogen) atoms. The standard InChI is InChI=1S/C10H14F3N5O/c1-6(2)18(5-10(11,12)13)9-7(8(14)17-19)15-3-4-16-9/h3-4,6,19H,5H2,1-2H3,(H2,14,17). The molecule has 0 amide bonds. The van der Waals surface area contributed by atoms with E-state index in [0.717, 1.165) is 4.90 Å². The number of nitrogens with zero attached hydrogens (tertiary/aromatic N) is 4. The van der Waals surface area contributed by atoms with Crippen molar-refractivity contribution in [2.75, 3.05) is 11.4 Å². The maximum absolute atomic E-state index is 12.6. The lowest BCUT2D eigenvalue weighted by Crippen LogP contribution is -2.41. The molecule has 1 rings (SSSR count). The highest BCUT2D eigenvalue weighted by Crippen LogP contribution is 2.24. The molecule has 1 aromatic heterocycles. The Labute approximate surface area is 107 Å². The first-order valence-electron chi connectivity index (χ1n) is 5.38. The average molecular weight is 277 g/mol. The van der Waals surface area contributed by atoms with Crippen molar-refractivity contribution in [1.82, 2.24) is 9.97 Å². The predicted molar refractivity (Wildman–Crippen MR) is 63.1 cm³/mol. The zero-order valence-corrected chi connectivity index (χ0v) is 10.4. The molecule has 0 unspecified atom stereocenters. The summed E-state index contributed by atoms with van der Waals surface area (Å²) in [7, 11) is 0. The molecule has 1 aromatic rings. The van der Waals surface area contributed by atoms with Crippen molar-refractivity contribution in [1.29, 1.82) is 0 Å². The maximum atomic E-state index is 12.6. The van der Waals surface area contributed by atoms with Gasteiger partial charge in [0.25, 0.3) is 0 Å². The Morgan fingerprint density at radius 2 is 2.00 bits per heavy atom. The van der Waals surface area contributed by atoms with Crippen LogP contribution in [0.2, 0.25) is 0 Å². The molecule has 0 aromatic carbocycles. The largest absolute Gasteiger partial charge is 0.409 e. The number of oxime groups is 1. The Kier molecular flexibility index (Phi) is 4.52. The van der Waals surface area contributed by atoms with Gasteiger partial charge in [0.15, 0.2) is 17.3 Å². The van der Waals surface area contributed by atoms with Crippen LogP contribution in [0.4, 0.5) is 19.0 Å². The van der Waals surface area contributed by atoms with Crippen LogP contribution in [0.25, 0.3) is 0 Å². The minimum Gasteiger partial charge on any atom is -0.409 e. The third-order valence-corrected chi connectivity index (χ3v) is 2.27. The molecule has 1 heterocycles. The number of alkyl halides is 3. The molecule has 0 aliphatic heterocycles. The van der Waals surface area contributed by atoms with Gasteiger partial charge in [-0.15, -0.1) is 0 Å². The van der Waals surface area contributed by atoms with Gasteiger partial charge in [-0.2, -0.15) is 13.2 Å². The van der Waals surface area contributed by atoms with Crippen LogP contribution in [0.5, 0.6) is 0 Å². The van der Waals surface area contributed by atoms with Crippen LogP contribution in [0.15, 0.2) is 17.5 Å². The first-order valence-corrected chi connectivity index (χ1v) is 5.38. The Morgan fingerprint density at radius 1 is 1.42 bits per heavy atom. The van der Waals surface area contributed by atoms with Crippen LogP contribution in [0.1, 0.15) is 19.5 Å². The summed E-state index contributed by atoms with van der Waals surface area (Å²) in [6.07, 6.45) is -1.90. The molecule has 0 radical (unpaired) electrons. The summed E-state index contributed by atoms with van der Waals surface area (Å²) in [5, 5.41) is 11.4. The van der Waals surface area contributed by atoms with Gasteiger partial charge in [0.1, 0.15) is 6.54 Å². The van der Waals surface area contributed by atoms with Gasteiger partial charge in [-0.1, -0.05) is 5.16 Å². The number of hydrogen-bond acceptors (Lipinski definition) is 5. The van der Waals surface area contributed by atoms with Crippen LogP contribution in [0.3, 0.4) is 0 Å². The van der Waals surface area contributed by atoms with E-state index in [1.54, 1.807) is 13.8 Å². The first-order chi connectivity index (χ1) is 8.76. The second-order valence-electron chi connectivity index (χ2n) is 4.05. The lowest BCUT2D eigenvalue weighted by Gasteiger charge is -2.29. The lowest BCUT2D eigenvalue weighted by atomic mass is 10.2. The molecule has 0 saturated heterocycles. The van der Waals surface area contributed by atoms with E-state index in [4.69, 9.17) is 10.9 Å². The minimum atomic E-state index is -4.40. The van der Waals surface area contributed by atoms with Crippen molar-refractivity contribution in [2.45, 2.75) is 26.1 Å². The molecule has 6 nitrogen and oxygen atoms in total. The number of rotatable bonds is 4. The van der Waals surface area contributed by atoms with E-state index in [9.17, 15) is 13.2 Å². The highest BCUT2D eigenvalue weighted by Gasteiger charge is 2.34. The van der Waals surface area contributed by atoms with Crippen molar-refractivity contribution in [2.24, 2.45) is 10.9 Å². The van der Waals surface area contributed by atoms with Crippen LogP contribution < -0.4 is 10.6 Å². The molecular weight excluding hydrogens is 263 g/mol. The molecule has 106 valence electrons. The maximum Gasteiger partial charge on any atom is 0.405 e. The smallest absolute Gasteiger partial charge is 0.405 e. The molecule has 0 aliphatic rings. The predicted octanol–water partition coefficient (Wildman–Crippen LogP) is 1.35. The van der Waals surface area contributed by atoms with Crippen LogP contribution >= 0.6 is 0 Å². The lowest BCUT2D eigenvalue weighted by molar-refractivity contribution is -0.120. The number of amidine groups is 1. The van der Waals surface area contributed by atoms with Crippen LogP contribution in [-0.2, 0) is 0 Å². The van der Waals surface area contributed by atoms with Gasteiger partial charge in [-0.05, 0) is 13.8 Å². The molecule has 0 fully saturated rings. The summed E-state index contributed by atoms with van der Waals surface area (Å²) in [4.78, 5) is 8.63. The van der Waals surface area contributed by atoms with Gasteiger partial charge in [0, 0.05) is 18.4 Å². The second kappa shape index (κ2) is 5.72. The van der Waals surface area contributed by atoms with E-state index >= 15 is 0 Å². The summed E-state index contributed by atoms with van der Waals surface area (Å²) in [5.41, 5.74) is 5.29. The van der Waals surface area contributed by atoms with Crippen molar-refractivity contribution in [3.8, 4) is 0 Å². The van der Waals surface area contributed by atoms with Crippen LogP contribution in [-0.4, -0.2) is 39.8 Å². The number of hydrogen-bond donors (Lipinski definition) is 2. The number of anilines is 1.